The number of cyclic esters (lactones) is 2. The number of nitrogens with zero attached hydrogens (tertiary/aromatic N) is 5. The van der Waals surface area contributed by atoms with E-state index in [1.54, 1.807) is 45.9 Å². The molecule has 0 spiro atoms. The highest BCUT2D eigenvalue weighted by atomic mass is 16.7. The Morgan fingerprint density at radius 2 is 1.90 bits per heavy atom. The smallest absolute Gasteiger partial charge is 0.410 e. The number of rotatable bonds is 15. The molecule has 1 fully saturated rings. The van der Waals surface area contributed by atoms with Crippen LogP contribution in [-0.4, -0.2) is 83.7 Å². The van der Waals surface area contributed by atoms with Crippen LogP contribution < -0.4 is 0 Å². The third-order valence-corrected chi connectivity index (χ3v) is 8.21. The zero-order chi connectivity index (χ0) is 30.3. The molecule has 0 aliphatic carbocycles. The SMILES string of the molecule is CC[C@@H](O)[C@@]1(C)OC(=O)N(CCCCN=[N+]=[N-])[C@@H]1[C@@H](C)/N=C\C[C@@](C)(OC)[C@H](C)CC1=C(C)C(=O)OC(C)(C)O1. The number of hydrogen-bond donors (Lipinski definition) is 1. The summed E-state index contributed by atoms with van der Waals surface area (Å²) in [5.41, 5.74) is 7.20. The molecule has 2 rings (SSSR count). The van der Waals surface area contributed by atoms with Gasteiger partial charge in [-0.2, -0.15) is 0 Å². The van der Waals surface area contributed by atoms with Gasteiger partial charge in [-0.1, -0.05) is 19.0 Å². The number of carbonyl (C=O) groups is 2. The summed E-state index contributed by atoms with van der Waals surface area (Å²) in [6.45, 7) is 15.4. The quantitative estimate of drug-likeness (QED) is 0.0706. The summed E-state index contributed by atoms with van der Waals surface area (Å²) in [5.74, 6) is -0.871. The van der Waals surface area contributed by atoms with Crippen molar-refractivity contribution < 1.29 is 33.6 Å². The zero-order valence-electron chi connectivity index (χ0n) is 25.5. The Labute approximate surface area is 237 Å². The van der Waals surface area contributed by atoms with Crippen molar-refractivity contribution in [1.29, 1.82) is 0 Å². The Bertz CT molecular complexity index is 1020. The predicted octanol–water partition coefficient (Wildman–Crippen LogP) is 5.29. The van der Waals surface area contributed by atoms with E-state index in [1.165, 1.54) is 0 Å². The summed E-state index contributed by atoms with van der Waals surface area (Å²) >= 11 is 0. The number of allylic oxidation sites excluding steroid dienone is 1. The van der Waals surface area contributed by atoms with Crippen molar-refractivity contribution >= 4 is 18.3 Å². The maximum atomic E-state index is 12.9. The lowest BCUT2D eigenvalue weighted by atomic mass is 9.83. The van der Waals surface area contributed by atoms with E-state index in [1.807, 2.05) is 27.7 Å². The minimum Gasteiger partial charge on any atom is -0.457 e. The first-order chi connectivity index (χ1) is 18.7. The lowest BCUT2D eigenvalue weighted by Gasteiger charge is -2.38. The van der Waals surface area contributed by atoms with Crippen molar-refractivity contribution in [3.63, 3.8) is 0 Å². The molecule has 1 amide bonds. The standard InChI is InChI=1S/C28H47N5O7/c1-10-22(34)28(8)23(33(25(36)40-28)16-12-11-14-31-32-29)20(4)30-15-13-27(7,37-9)18(2)17-21-19(3)24(35)39-26(5,6)38-21/h15,18,20,22-23,34H,10-14,16-17H2,1-9H3/b30-15-/t18-,20-,22-,23-,27-,28-/m1/s1. The molecule has 0 saturated carbocycles. The highest BCUT2D eigenvalue weighted by Gasteiger charge is 2.56. The number of hydrogen-bond acceptors (Lipinski definition) is 9. The van der Waals surface area contributed by atoms with Crippen LogP contribution in [0, 0.1) is 5.92 Å². The first-order valence-electron chi connectivity index (χ1n) is 14.0. The molecule has 226 valence electrons. The Kier molecular flexibility index (Phi) is 11.4. The fraction of sp³-hybridized carbons (Fsp3) is 0.821. The van der Waals surface area contributed by atoms with Crippen molar-refractivity contribution in [2.45, 2.75) is 123 Å². The van der Waals surface area contributed by atoms with Crippen LogP contribution in [-0.2, 0) is 23.7 Å². The molecule has 0 aromatic rings. The number of esters is 1. The van der Waals surface area contributed by atoms with Crippen LogP contribution >= 0.6 is 0 Å². The average Bonchev–Trinajstić information content (AvgIpc) is 3.15. The van der Waals surface area contributed by atoms with Gasteiger partial charge in [-0.3, -0.25) is 9.89 Å². The van der Waals surface area contributed by atoms with E-state index in [4.69, 9.17) is 29.5 Å². The normalized spacial score (nSPS) is 26.4. The van der Waals surface area contributed by atoms with Gasteiger partial charge in [0.05, 0.1) is 29.4 Å². The van der Waals surface area contributed by atoms with Gasteiger partial charge < -0.3 is 24.1 Å². The van der Waals surface area contributed by atoms with Gasteiger partial charge in [-0.25, -0.2) is 9.59 Å². The Balaban J connectivity index is 2.20. The van der Waals surface area contributed by atoms with E-state index in [2.05, 4.69) is 10.0 Å². The molecule has 0 aromatic carbocycles. The maximum Gasteiger partial charge on any atom is 0.410 e. The van der Waals surface area contributed by atoms with E-state index in [9.17, 15) is 14.7 Å². The molecular weight excluding hydrogens is 518 g/mol. The minimum absolute atomic E-state index is 0.0398. The van der Waals surface area contributed by atoms with Crippen LogP contribution in [0.4, 0.5) is 4.79 Å². The molecule has 2 aliphatic rings. The summed E-state index contributed by atoms with van der Waals surface area (Å²) < 4.78 is 22.9. The van der Waals surface area contributed by atoms with Crippen molar-refractivity contribution in [1.82, 2.24) is 4.90 Å². The second-order valence-electron chi connectivity index (χ2n) is 11.6. The molecule has 0 aromatic heterocycles. The van der Waals surface area contributed by atoms with Gasteiger partial charge in [0.2, 0.25) is 5.79 Å². The minimum atomic E-state index is -1.13. The molecule has 2 aliphatic heterocycles. The van der Waals surface area contributed by atoms with Crippen molar-refractivity contribution in [2.75, 3.05) is 20.2 Å². The molecule has 1 N–H and O–H groups in total. The second kappa shape index (κ2) is 13.7. The van der Waals surface area contributed by atoms with Gasteiger partial charge in [0.15, 0.2) is 5.60 Å². The number of amides is 1. The molecular formula is C28H47N5O7. The topological polar surface area (TPSA) is 156 Å². The number of unbranched alkanes of at least 4 members (excludes halogenated alkanes) is 1. The molecule has 0 radical (unpaired) electrons. The summed E-state index contributed by atoms with van der Waals surface area (Å²) in [4.78, 5) is 34.4. The van der Waals surface area contributed by atoms with Gasteiger partial charge in [-0.15, -0.1) is 0 Å². The first-order valence-corrected chi connectivity index (χ1v) is 14.0. The number of aliphatic hydroxyl groups is 1. The van der Waals surface area contributed by atoms with Crippen LogP contribution in [0.15, 0.2) is 21.4 Å². The monoisotopic (exact) mass is 565 g/mol. The molecule has 2 heterocycles. The van der Waals surface area contributed by atoms with Crippen LogP contribution in [0.1, 0.15) is 87.5 Å². The highest BCUT2D eigenvalue weighted by Crippen LogP contribution is 2.38. The molecule has 0 bridgehead atoms. The third-order valence-electron chi connectivity index (χ3n) is 8.21. The number of aliphatic imine (C=N–C) groups is 1. The largest absolute Gasteiger partial charge is 0.457 e. The third kappa shape index (κ3) is 7.67. The fourth-order valence-corrected chi connectivity index (χ4v) is 5.34. The first kappa shape index (κ1) is 33.4. The summed E-state index contributed by atoms with van der Waals surface area (Å²) in [6, 6.07) is -0.873. The van der Waals surface area contributed by atoms with Gasteiger partial charge in [0.1, 0.15) is 5.76 Å². The van der Waals surface area contributed by atoms with E-state index in [-0.39, 0.29) is 17.9 Å². The van der Waals surface area contributed by atoms with E-state index in [0.29, 0.717) is 56.5 Å². The van der Waals surface area contributed by atoms with Crippen LogP contribution in [0.2, 0.25) is 0 Å². The van der Waals surface area contributed by atoms with Gasteiger partial charge >= 0.3 is 12.1 Å². The Morgan fingerprint density at radius 1 is 1.23 bits per heavy atom. The van der Waals surface area contributed by atoms with Crippen molar-refractivity contribution in [3.8, 4) is 0 Å². The predicted molar refractivity (Wildman–Crippen MR) is 151 cm³/mol. The van der Waals surface area contributed by atoms with Crippen LogP contribution in [0.25, 0.3) is 10.4 Å². The van der Waals surface area contributed by atoms with Crippen molar-refractivity contribution in [2.24, 2.45) is 16.0 Å². The zero-order valence-corrected chi connectivity index (χ0v) is 25.5. The molecule has 12 nitrogen and oxygen atoms in total. The lowest BCUT2D eigenvalue weighted by Crippen LogP contribution is -2.55. The Morgan fingerprint density at radius 3 is 2.50 bits per heavy atom. The molecule has 1 saturated heterocycles. The highest BCUT2D eigenvalue weighted by molar-refractivity contribution is 5.89. The number of carbonyl (C=O) groups excluding carboxylic acids is 2. The number of ether oxygens (including phenoxy) is 4. The Hall–Kier alpha value is -2.82. The van der Waals surface area contributed by atoms with Gasteiger partial charge in [0, 0.05) is 58.0 Å². The number of methoxy groups -OCH3 is 1. The summed E-state index contributed by atoms with van der Waals surface area (Å²) in [6.07, 6.45) is 3.07. The van der Waals surface area contributed by atoms with Crippen LogP contribution in [0.3, 0.4) is 0 Å². The second-order valence-corrected chi connectivity index (χ2v) is 11.6. The van der Waals surface area contributed by atoms with Gasteiger partial charge in [0.25, 0.3) is 0 Å². The number of azide groups is 1. The van der Waals surface area contributed by atoms with Crippen LogP contribution in [0.5, 0.6) is 0 Å². The molecule has 0 unspecified atom stereocenters. The van der Waals surface area contributed by atoms with Crippen molar-refractivity contribution in [3.05, 3.63) is 21.8 Å². The number of aliphatic hydroxyl groups excluding tert-OH is 1. The molecule has 12 heteroatoms. The van der Waals surface area contributed by atoms with Gasteiger partial charge in [-0.05, 0) is 58.4 Å². The maximum absolute atomic E-state index is 12.9. The molecule has 6 atom stereocenters. The van der Waals surface area contributed by atoms with E-state index < -0.39 is 35.2 Å². The lowest BCUT2D eigenvalue weighted by molar-refractivity contribution is -0.209. The summed E-state index contributed by atoms with van der Waals surface area (Å²) in [7, 11) is 1.64. The van der Waals surface area contributed by atoms with E-state index >= 15 is 0 Å². The fourth-order valence-electron chi connectivity index (χ4n) is 5.34. The van der Waals surface area contributed by atoms with E-state index in [0.717, 1.165) is 0 Å². The average molecular weight is 566 g/mol. The molecule has 40 heavy (non-hydrogen) atoms. The summed E-state index contributed by atoms with van der Waals surface area (Å²) in [5, 5.41) is 14.4.